The Kier molecular flexibility index (Phi) is 4.35. The smallest absolute Gasteiger partial charge is 0.138 e. The minimum Gasteiger partial charge on any atom is -0.490 e. The molecule has 3 nitrogen and oxygen atoms in total. The Morgan fingerprint density at radius 3 is 2.70 bits per heavy atom. The summed E-state index contributed by atoms with van der Waals surface area (Å²) in [5.41, 5.74) is 1.76. The lowest BCUT2D eigenvalue weighted by Crippen LogP contribution is -2.47. The van der Waals surface area contributed by atoms with Crippen LogP contribution in [0.15, 0.2) is 18.2 Å². The summed E-state index contributed by atoms with van der Waals surface area (Å²) in [6, 6.07) is 9.12. The van der Waals surface area contributed by atoms with Crippen LogP contribution in [0.5, 0.6) is 5.75 Å². The van der Waals surface area contributed by atoms with Crippen LogP contribution in [0, 0.1) is 18.3 Å². The fourth-order valence-electron chi connectivity index (χ4n) is 2.25. The van der Waals surface area contributed by atoms with Crippen molar-refractivity contribution in [3.05, 3.63) is 29.3 Å². The molecule has 1 fully saturated rings. The summed E-state index contributed by atoms with van der Waals surface area (Å²) in [4.78, 5) is 0. The van der Waals surface area contributed by atoms with E-state index in [1.54, 1.807) is 0 Å². The van der Waals surface area contributed by atoms with Gasteiger partial charge in [0, 0.05) is 6.04 Å². The predicted octanol–water partition coefficient (Wildman–Crippen LogP) is 3.53. The second kappa shape index (κ2) is 5.85. The molecule has 0 spiro atoms. The van der Waals surface area contributed by atoms with E-state index in [4.69, 9.17) is 4.74 Å². The Morgan fingerprint density at radius 1 is 1.45 bits per heavy atom. The molecule has 1 atom stereocenters. The van der Waals surface area contributed by atoms with Gasteiger partial charge in [0.1, 0.15) is 17.9 Å². The van der Waals surface area contributed by atoms with Gasteiger partial charge >= 0.3 is 0 Å². The zero-order chi connectivity index (χ0) is 14.8. The Morgan fingerprint density at radius 2 is 2.15 bits per heavy atom. The van der Waals surface area contributed by atoms with Gasteiger partial charge in [-0.2, -0.15) is 5.26 Å². The quantitative estimate of drug-likeness (QED) is 0.861. The van der Waals surface area contributed by atoms with Gasteiger partial charge in [-0.1, -0.05) is 26.0 Å². The fraction of sp³-hybridized carbons (Fsp3) is 0.588. The first-order chi connectivity index (χ1) is 9.43. The summed E-state index contributed by atoms with van der Waals surface area (Å²) < 4.78 is 5.98. The third kappa shape index (κ3) is 3.74. The first-order valence-electron chi connectivity index (χ1n) is 7.36. The molecule has 0 radical (unpaired) electrons. The van der Waals surface area contributed by atoms with Crippen molar-refractivity contribution in [3.63, 3.8) is 0 Å². The van der Waals surface area contributed by atoms with Gasteiger partial charge in [0.25, 0.3) is 0 Å². The van der Waals surface area contributed by atoms with E-state index in [1.165, 1.54) is 24.0 Å². The highest BCUT2D eigenvalue weighted by Crippen LogP contribution is 2.29. The molecule has 1 saturated carbocycles. The van der Waals surface area contributed by atoms with Crippen LogP contribution < -0.4 is 10.1 Å². The lowest BCUT2D eigenvalue weighted by Gasteiger charge is -2.25. The van der Waals surface area contributed by atoms with Crippen LogP contribution in [0.25, 0.3) is 0 Å². The molecule has 1 aromatic carbocycles. The number of nitriles is 1. The maximum atomic E-state index is 9.38. The third-order valence-electron chi connectivity index (χ3n) is 3.65. The standard InChI is InChI=1S/C17H24N2O/c1-12(2)15-8-5-13(3)9-16(15)20-11-17(4,10-18)19-14-6-7-14/h5,8-9,12,14,19H,6-7,11H2,1-4H3. The number of hydrogen-bond acceptors (Lipinski definition) is 3. The Labute approximate surface area is 121 Å². The zero-order valence-corrected chi connectivity index (χ0v) is 12.9. The molecule has 0 amide bonds. The number of hydrogen-bond donors (Lipinski definition) is 1. The van der Waals surface area contributed by atoms with E-state index < -0.39 is 5.54 Å². The summed E-state index contributed by atoms with van der Waals surface area (Å²) in [5, 5.41) is 12.7. The third-order valence-corrected chi connectivity index (χ3v) is 3.65. The summed E-state index contributed by atoms with van der Waals surface area (Å²) >= 11 is 0. The minimum atomic E-state index is -0.612. The van der Waals surface area contributed by atoms with Crippen molar-refractivity contribution in [2.24, 2.45) is 0 Å². The van der Waals surface area contributed by atoms with Crippen molar-refractivity contribution in [3.8, 4) is 11.8 Å². The normalized spacial score (nSPS) is 17.6. The van der Waals surface area contributed by atoms with E-state index in [9.17, 15) is 5.26 Å². The highest BCUT2D eigenvalue weighted by molar-refractivity contribution is 5.39. The van der Waals surface area contributed by atoms with E-state index in [0.717, 1.165) is 5.75 Å². The molecule has 1 aliphatic carbocycles. The lowest BCUT2D eigenvalue weighted by molar-refractivity contribution is 0.230. The maximum Gasteiger partial charge on any atom is 0.138 e. The van der Waals surface area contributed by atoms with Gasteiger partial charge in [0.2, 0.25) is 0 Å². The van der Waals surface area contributed by atoms with E-state index in [2.05, 4.69) is 50.4 Å². The van der Waals surface area contributed by atoms with Gasteiger partial charge in [0.15, 0.2) is 0 Å². The van der Waals surface area contributed by atoms with Crippen molar-refractivity contribution >= 4 is 0 Å². The predicted molar refractivity (Wildman–Crippen MR) is 80.9 cm³/mol. The molecule has 1 unspecified atom stereocenters. The molecule has 20 heavy (non-hydrogen) atoms. The van der Waals surface area contributed by atoms with E-state index in [0.29, 0.717) is 18.6 Å². The zero-order valence-electron chi connectivity index (χ0n) is 12.9. The summed E-state index contributed by atoms with van der Waals surface area (Å²) in [6.45, 7) is 8.66. The van der Waals surface area contributed by atoms with Crippen molar-refractivity contribution in [2.75, 3.05) is 6.61 Å². The summed E-state index contributed by atoms with van der Waals surface area (Å²) in [7, 11) is 0. The van der Waals surface area contributed by atoms with Crippen LogP contribution in [-0.4, -0.2) is 18.2 Å². The molecule has 0 heterocycles. The number of ether oxygens (including phenoxy) is 1. The van der Waals surface area contributed by atoms with Crippen LogP contribution in [0.4, 0.5) is 0 Å². The topological polar surface area (TPSA) is 45.0 Å². The van der Waals surface area contributed by atoms with Gasteiger partial charge < -0.3 is 4.74 Å². The molecule has 0 bridgehead atoms. The van der Waals surface area contributed by atoms with Gasteiger partial charge in [-0.05, 0) is 49.8 Å². The Balaban J connectivity index is 2.09. The highest BCUT2D eigenvalue weighted by atomic mass is 16.5. The Bertz CT molecular complexity index is 514. The van der Waals surface area contributed by atoms with Crippen LogP contribution in [0.1, 0.15) is 50.7 Å². The van der Waals surface area contributed by atoms with Crippen LogP contribution in [-0.2, 0) is 0 Å². The maximum absolute atomic E-state index is 9.38. The molecular formula is C17H24N2O. The van der Waals surface area contributed by atoms with Gasteiger partial charge in [0.05, 0.1) is 6.07 Å². The van der Waals surface area contributed by atoms with E-state index in [-0.39, 0.29) is 0 Å². The fourth-order valence-corrected chi connectivity index (χ4v) is 2.25. The number of rotatable bonds is 6. The van der Waals surface area contributed by atoms with E-state index >= 15 is 0 Å². The van der Waals surface area contributed by atoms with Gasteiger partial charge in [-0.15, -0.1) is 0 Å². The van der Waals surface area contributed by atoms with Crippen molar-refractivity contribution in [2.45, 2.75) is 58.0 Å². The Hall–Kier alpha value is -1.53. The number of nitrogens with zero attached hydrogens (tertiary/aromatic N) is 1. The lowest BCUT2D eigenvalue weighted by atomic mass is 10.0. The molecule has 1 N–H and O–H groups in total. The van der Waals surface area contributed by atoms with Gasteiger partial charge in [-0.25, -0.2) is 0 Å². The monoisotopic (exact) mass is 272 g/mol. The molecule has 0 aromatic heterocycles. The number of benzene rings is 1. The van der Waals surface area contributed by atoms with Gasteiger partial charge in [-0.3, -0.25) is 5.32 Å². The first-order valence-corrected chi connectivity index (χ1v) is 7.36. The molecule has 0 aliphatic heterocycles. The summed E-state index contributed by atoms with van der Waals surface area (Å²) in [5.74, 6) is 1.31. The summed E-state index contributed by atoms with van der Waals surface area (Å²) in [6.07, 6.45) is 2.33. The molecular weight excluding hydrogens is 248 g/mol. The van der Waals surface area contributed by atoms with Crippen LogP contribution in [0.2, 0.25) is 0 Å². The molecule has 108 valence electrons. The molecule has 3 heteroatoms. The largest absolute Gasteiger partial charge is 0.490 e. The molecule has 1 aliphatic rings. The first kappa shape index (κ1) is 14.9. The van der Waals surface area contributed by atoms with Crippen molar-refractivity contribution in [1.29, 1.82) is 5.26 Å². The second-order valence-electron chi connectivity index (χ2n) is 6.35. The average molecular weight is 272 g/mol. The number of nitrogens with one attached hydrogen (secondary N) is 1. The molecule has 2 rings (SSSR count). The second-order valence-corrected chi connectivity index (χ2v) is 6.35. The molecule has 1 aromatic rings. The minimum absolute atomic E-state index is 0.378. The average Bonchev–Trinajstić information content (AvgIpc) is 3.20. The SMILES string of the molecule is Cc1ccc(C(C)C)c(OCC(C)(C#N)NC2CC2)c1. The molecule has 0 saturated heterocycles. The van der Waals surface area contributed by atoms with Crippen molar-refractivity contribution < 1.29 is 4.74 Å². The highest BCUT2D eigenvalue weighted by Gasteiger charge is 2.33. The van der Waals surface area contributed by atoms with Crippen molar-refractivity contribution in [1.82, 2.24) is 5.32 Å². The number of aryl methyl sites for hydroxylation is 1. The van der Waals surface area contributed by atoms with E-state index in [1.807, 2.05) is 6.92 Å². The van der Waals surface area contributed by atoms with Crippen LogP contribution >= 0.6 is 0 Å². The van der Waals surface area contributed by atoms with Crippen LogP contribution in [0.3, 0.4) is 0 Å².